The lowest BCUT2D eigenvalue weighted by atomic mass is 9.75. The van der Waals surface area contributed by atoms with Crippen LogP contribution in [0.5, 0.6) is 11.5 Å². The van der Waals surface area contributed by atoms with Crippen LogP contribution in [0.3, 0.4) is 0 Å². The Morgan fingerprint density at radius 1 is 1.07 bits per heavy atom. The number of ether oxygens (including phenoxy) is 3. The van der Waals surface area contributed by atoms with Gasteiger partial charge in [-0.1, -0.05) is 12.1 Å². The number of rotatable bonds is 5. The summed E-state index contributed by atoms with van der Waals surface area (Å²) < 4.78 is 17.0. The number of Topliss-reactive ketones (excluding diaryl/α,β-unsaturated/α-hetero) is 1. The third-order valence-corrected chi connectivity index (χ3v) is 6.32. The molecular formula is C24H29NO5. The standard InChI is InChI=1S/C24H29NO5/c1-14-20(24(27)30-15-8-4-5-9-15)21(22-17(25-14)11-7-12-18(22)26)16-10-6-13-19(28-2)23(16)29-3/h6,10,13,15,21,25H,4-5,7-9,11-12H2,1-3H3/t21-/m1/s1. The Bertz CT molecular complexity index is 924. The summed E-state index contributed by atoms with van der Waals surface area (Å²) in [6, 6.07) is 5.58. The van der Waals surface area contributed by atoms with Crippen LogP contribution >= 0.6 is 0 Å². The lowest BCUT2D eigenvalue weighted by molar-refractivity contribution is -0.144. The van der Waals surface area contributed by atoms with Crippen molar-refractivity contribution >= 4 is 11.8 Å². The molecule has 1 saturated carbocycles. The topological polar surface area (TPSA) is 73.9 Å². The van der Waals surface area contributed by atoms with Gasteiger partial charge in [0.25, 0.3) is 0 Å². The molecule has 1 aliphatic heterocycles. The molecule has 6 heteroatoms. The fourth-order valence-corrected chi connectivity index (χ4v) is 4.93. The average molecular weight is 411 g/mol. The van der Waals surface area contributed by atoms with Crippen LogP contribution in [0.2, 0.25) is 0 Å². The Morgan fingerprint density at radius 2 is 1.83 bits per heavy atom. The molecule has 30 heavy (non-hydrogen) atoms. The van der Waals surface area contributed by atoms with E-state index in [1.54, 1.807) is 14.2 Å². The fraction of sp³-hybridized carbons (Fsp3) is 0.500. The van der Waals surface area contributed by atoms with Crippen molar-refractivity contribution in [2.24, 2.45) is 0 Å². The summed E-state index contributed by atoms with van der Waals surface area (Å²) in [5.74, 6) is 0.285. The summed E-state index contributed by atoms with van der Waals surface area (Å²) in [6.07, 6.45) is 5.96. The predicted molar refractivity (Wildman–Crippen MR) is 112 cm³/mol. The van der Waals surface area contributed by atoms with Gasteiger partial charge in [0.05, 0.1) is 25.7 Å². The zero-order valence-electron chi connectivity index (χ0n) is 17.9. The van der Waals surface area contributed by atoms with Crippen molar-refractivity contribution in [2.75, 3.05) is 14.2 Å². The number of para-hydroxylation sites is 1. The van der Waals surface area contributed by atoms with Crippen LogP contribution in [0.1, 0.15) is 63.4 Å². The van der Waals surface area contributed by atoms with Crippen molar-refractivity contribution in [3.63, 3.8) is 0 Å². The Morgan fingerprint density at radius 3 is 2.53 bits per heavy atom. The molecule has 1 fully saturated rings. The van der Waals surface area contributed by atoms with Crippen LogP contribution in [0.4, 0.5) is 0 Å². The minimum absolute atomic E-state index is 0.0527. The molecule has 160 valence electrons. The van der Waals surface area contributed by atoms with Crippen LogP contribution in [0.25, 0.3) is 0 Å². The number of benzene rings is 1. The van der Waals surface area contributed by atoms with Crippen molar-refractivity contribution in [3.8, 4) is 11.5 Å². The number of dihydropyridines is 1. The first-order chi connectivity index (χ1) is 14.5. The summed E-state index contributed by atoms with van der Waals surface area (Å²) in [6.45, 7) is 1.88. The molecule has 0 aromatic heterocycles. The van der Waals surface area contributed by atoms with Gasteiger partial charge >= 0.3 is 5.97 Å². The van der Waals surface area contributed by atoms with E-state index in [1.807, 2.05) is 25.1 Å². The normalized spacial score (nSPS) is 22.0. The van der Waals surface area contributed by atoms with E-state index in [-0.39, 0.29) is 17.9 Å². The van der Waals surface area contributed by atoms with Crippen LogP contribution in [-0.4, -0.2) is 32.1 Å². The zero-order valence-corrected chi connectivity index (χ0v) is 17.9. The number of hydrogen-bond acceptors (Lipinski definition) is 6. The molecule has 0 bridgehead atoms. The van der Waals surface area contributed by atoms with Gasteiger partial charge in [-0.15, -0.1) is 0 Å². The van der Waals surface area contributed by atoms with Gasteiger partial charge in [-0.2, -0.15) is 0 Å². The molecule has 0 unspecified atom stereocenters. The highest BCUT2D eigenvalue weighted by atomic mass is 16.5. The Hall–Kier alpha value is -2.76. The fourth-order valence-electron chi connectivity index (χ4n) is 4.93. The van der Waals surface area contributed by atoms with Gasteiger partial charge in [0.2, 0.25) is 0 Å². The first-order valence-corrected chi connectivity index (χ1v) is 10.7. The number of methoxy groups -OCH3 is 2. The van der Waals surface area contributed by atoms with E-state index in [9.17, 15) is 9.59 Å². The molecular weight excluding hydrogens is 382 g/mol. The maximum absolute atomic E-state index is 13.4. The molecule has 1 N–H and O–H groups in total. The Balaban J connectivity index is 1.84. The predicted octanol–water partition coefficient (Wildman–Crippen LogP) is 4.16. The van der Waals surface area contributed by atoms with Crippen LogP contribution < -0.4 is 14.8 Å². The Kier molecular flexibility index (Phi) is 5.84. The average Bonchev–Trinajstić information content (AvgIpc) is 3.25. The summed E-state index contributed by atoms with van der Waals surface area (Å²) in [7, 11) is 3.16. The molecule has 1 heterocycles. The number of ketones is 1. The quantitative estimate of drug-likeness (QED) is 0.734. The number of hydrogen-bond donors (Lipinski definition) is 1. The molecule has 6 nitrogen and oxygen atoms in total. The van der Waals surface area contributed by atoms with Gasteiger partial charge in [0.15, 0.2) is 17.3 Å². The van der Waals surface area contributed by atoms with Crippen LogP contribution in [-0.2, 0) is 14.3 Å². The number of allylic oxidation sites excluding steroid dienone is 3. The molecule has 1 aromatic rings. The third kappa shape index (κ3) is 3.59. The van der Waals surface area contributed by atoms with Gasteiger partial charge in [-0.25, -0.2) is 4.79 Å². The summed E-state index contributed by atoms with van der Waals surface area (Å²) in [4.78, 5) is 26.4. The van der Waals surface area contributed by atoms with E-state index in [4.69, 9.17) is 14.2 Å². The van der Waals surface area contributed by atoms with Gasteiger partial charge in [-0.05, 0) is 51.5 Å². The van der Waals surface area contributed by atoms with Crippen LogP contribution in [0.15, 0.2) is 40.7 Å². The third-order valence-electron chi connectivity index (χ3n) is 6.32. The second-order valence-corrected chi connectivity index (χ2v) is 8.16. The second-order valence-electron chi connectivity index (χ2n) is 8.16. The number of carbonyl (C=O) groups excluding carboxylic acids is 2. The monoisotopic (exact) mass is 411 g/mol. The second kappa shape index (κ2) is 8.54. The lowest BCUT2D eigenvalue weighted by Gasteiger charge is -2.35. The highest BCUT2D eigenvalue weighted by Gasteiger charge is 2.41. The van der Waals surface area contributed by atoms with Crippen molar-refractivity contribution in [1.82, 2.24) is 5.32 Å². The lowest BCUT2D eigenvalue weighted by Crippen LogP contribution is -2.35. The minimum Gasteiger partial charge on any atom is -0.493 e. The van der Waals surface area contributed by atoms with Gasteiger partial charge < -0.3 is 19.5 Å². The number of esters is 1. The Labute approximate surface area is 177 Å². The van der Waals surface area contributed by atoms with Crippen molar-refractivity contribution in [2.45, 2.75) is 63.9 Å². The van der Waals surface area contributed by atoms with Gasteiger partial charge in [-0.3, -0.25) is 4.79 Å². The summed E-state index contributed by atoms with van der Waals surface area (Å²) in [5.41, 5.74) is 3.52. The highest BCUT2D eigenvalue weighted by molar-refractivity contribution is 6.04. The highest BCUT2D eigenvalue weighted by Crippen LogP contribution is 2.47. The number of nitrogens with one attached hydrogen (secondary N) is 1. The van der Waals surface area contributed by atoms with Crippen LogP contribution in [0, 0.1) is 0 Å². The molecule has 1 atom stereocenters. The van der Waals surface area contributed by atoms with E-state index < -0.39 is 5.92 Å². The maximum atomic E-state index is 13.4. The molecule has 0 spiro atoms. The number of carbonyl (C=O) groups is 2. The van der Waals surface area contributed by atoms with Crippen molar-refractivity contribution in [1.29, 1.82) is 0 Å². The molecule has 2 aliphatic carbocycles. The molecule has 0 amide bonds. The molecule has 4 rings (SSSR count). The van der Waals surface area contributed by atoms with Gasteiger partial charge in [0.1, 0.15) is 6.10 Å². The molecule has 0 radical (unpaired) electrons. The van der Waals surface area contributed by atoms with E-state index in [2.05, 4.69) is 5.32 Å². The van der Waals surface area contributed by atoms with Crippen molar-refractivity contribution in [3.05, 3.63) is 46.3 Å². The van der Waals surface area contributed by atoms with Crippen molar-refractivity contribution < 1.29 is 23.8 Å². The molecule has 1 aromatic carbocycles. The molecule has 3 aliphatic rings. The smallest absolute Gasteiger partial charge is 0.337 e. The van der Waals surface area contributed by atoms with E-state index >= 15 is 0 Å². The largest absolute Gasteiger partial charge is 0.493 e. The first-order valence-electron chi connectivity index (χ1n) is 10.7. The first kappa shape index (κ1) is 20.5. The van der Waals surface area contributed by atoms with E-state index in [0.29, 0.717) is 29.1 Å². The molecule has 0 saturated heterocycles. The van der Waals surface area contributed by atoms with E-state index in [1.165, 1.54) is 0 Å². The SMILES string of the molecule is COc1cccc([C@@H]2C(C(=O)OC3CCCC3)=C(C)NC3=C2C(=O)CCC3)c1OC. The van der Waals surface area contributed by atoms with E-state index in [0.717, 1.165) is 55.5 Å². The summed E-state index contributed by atoms with van der Waals surface area (Å²) in [5, 5.41) is 3.34. The maximum Gasteiger partial charge on any atom is 0.337 e. The zero-order chi connectivity index (χ0) is 21.3. The van der Waals surface area contributed by atoms with Gasteiger partial charge in [0, 0.05) is 29.0 Å². The summed E-state index contributed by atoms with van der Waals surface area (Å²) >= 11 is 0. The minimum atomic E-state index is -0.534.